The molecule has 2 nitrogen and oxygen atoms in total. The zero-order valence-corrected chi connectivity index (χ0v) is 10.1. The molecule has 1 fully saturated rings. The first-order valence-corrected chi connectivity index (χ1v) is 5.93. The van der Waals surface area contributed by atoms with Crippen molar-refractivity contribution in [1.29, 1.82) is 0 Å². The Labute approximate surface area is 88.3 Å². The molecule has 1 heterocycles. The summed E-state index contributed by atoms with van der Waals surface area (Å²) in [5.74, 6) is 0.562. The summed E-state index contributed by atoms with van der Waals surface area (Å²) in [5, 5.41) is 9.31. The summed E-state index contributed by atoms with van der Waals surface area (Å²) >= 11 is 0. The first-order chi connectivity index (χ1) is 6.58. The molecule has 1 saturated heterocycles. The van der Waals surface area contributed by atoms with Crippen LogP contribution in [0.2, 0.25) is 0 Å². The summed E-state index contributed by atoms with van der Waals surface area (Å²) in [6.07, 6.45) is 2.55. The van der Waals surface area contributed by atoms with Crippen LogP contribution in [-0.2, 0) is 0 Å². The minimum absolute atomic E-state index is 0.307. The topological polar surface area (TPSA) is 23.5 Å². The van der Waals surface area contributed by atoms with E-state index in [1.165, 1.54) is 25.9 Å². The van der Waals surface area contributed by atoms with Gasteiger partial charge in [0.25, 0.3) is 0 Å². The van der Waals surface area contributed by atoms with Crippen LogP contribution in [0.4, 0.5) is 0 Å². The van der Waals surface area contributed by atoms with E-state index in [0.29, 0.717) is 24.0 Å². The average molecular weight is 199 g/mol. The van der Waals surface area contributed by atoms with E-state index in [2.05, 4.69) is 32.6 Å². The van der Waals surface area contributed by atoms with Crippen molar-refractivity contribution < 1.29 is 5.11 Å². The molecule has 0 saturated carbocycles. The van der Waals surface area contributed by atoms with Crippen molar-refractivity contribution in [3.8, 4) is 0 Å². The van der Waals surface area contributed by atoms with Crippen molar-refractivity contribution in [2.45, 2.75) is 46.6 Å². The third-order valence-electron chi connectivity index (χ3n) is 4.00. The normalized spacial score (nSPS) is 23.6. The van der Waals surface area contributed by atoms with Crippen LogP contribution < -0.4 is 0 Å². The lowest BCUT2D eigenvalue weighted by molar-refractivity contribution is -0.0637. The van der Waals surface area contributed by atoms with Gasteiger partial charge < -0.3 is 5.11 Å². The summed E-state index contributed by atoms with van der Waals surface area (Å²) < 4.78 is 0. The minimum atomic E-state index is 0.307. The predicted molar refractivity (Wildman–Crippen MR) is 60.3 cm³/mol. The van der Waals surface area contributed by atoms with Gasteiger partial charge in [0.05, 0.1) is 6.61 Å². The Morgan fingerprint density at radius 1 is 1.21 bits per heavy atom. The van der Waals surface area contributed by atoms with Gasteiger partial charge in [-0.15, -0.1) is 0 Å². The fourth-order valence-corrected chi connectivity index (χ4v) is 2.49. The molecule has 0 aromatic heterocycles. The van der Waals surface area contributed by atoms with Crippen molar-refractivity contribution in [2.24, 2.45) is 11.3 Å². The second-order valence-corrected chi connectivity index (χ2v) is 5.11. The van der Waals surface area contributed by atoms with Crippen LogP contribution in [0.1, 0.15) is 40.5 Å². The zero-order valence-electron chi connectivity index (χ0n) is 10.1. The molecule has 1 rings (SSSR count). The molecule has 1 N–H and O–H groups in total. The van der Waals surface area contributed by atoms with Crippen LogP contribution >= 0.6 is 0 Å². The van der Waals surface area contributed by atoms with E-state index >= 15 is 0 Å². The van der Waals surface area contributed by atoms with Crippen LogP contribution in [0.3, 0.4) is 0 Å². The Bertz CT molecular complexity index is 167. The van der Waals surface area contributed by atoms with Crippen molar-refractivity contribution >= 4 is 0 Å². The van der Waals surface area contributed by atoms with E-state index in [-0.39, 0.29) is 0 Å². The van der Waals surface area contributed by atoms with Gasteiger partial charge in [0, 0.05) is 19.1 Å². The standard InChI is InChI=1S/C12H25NO/c1-5-12(6-2)8-13(9-12)11(7-14)10(3)4/h10-11,14H,5-9H2,1-4H3/t11-/m0/s1. The molecule has 1 aliphatic rings. The molecule has 0 radical (unpaired) electrons. The number of hydrogen-bond donors (Lipinski definition) is 1. The van der Waals surface area contributed by atoms with E-state index in [1.54, 1.807) is 0 Å². The molecule has 0 aliphatic carbocycles. The van der Waals surface area contributed by atoms with Crippen molar-refractivity contribution in [3.63, 3.8) is 0 Å². The number of likely N-dealkylation sites (tertiary alicyclic amines) is 1. The molecule has 0 amide bonds. The quantitative estimate of drug-likeness (QED) is 0.733. The number of aliphatic hydroxyl groups is 1. The van der Waals surface area contributed by atoms with Gasteiger partial charge in [-0.3, -0.25) is 4.90 Å². The molecule has 14 heavy (non-hydrogen) atoms. The molecule has 1 atom stereocenters. The largest absolute Gasteiger partial charge is 0.395 e. The van der Waals surface area contributed by atoms with Crippen LogP contribution in [0.5, 0.6) is 0 Å². The number of aliphatic hydroxyl groups excluding tert-OH is 1. The lowest BCUT2D eigenvalue weighted by atomic mass is 9.74. The smallest absolute Gasteiger partial charge is 0.0589 e. The molecular formula is C12H25NO. The molecular weight excluding hydrogens is 174 g/mol. The van der Waals surface area contributed by atoms with Gasteiger partial charge in [-0.05, 0) is 24.2 Å². The molecule has 1 aliphatic heterocycles. The molecule has 0 aromatic carbocycles. The highest BCUT2D eigenvalue weighted by atomic mass is 16.3. The second-order valence-electron chi connectivity index (χ2n) is 5.11. The minimum Gasteiger partial charge on any atom is -0.395 e. The number of nitrogens with zero attached hydrogens (tertiary/aromatic N) is 1. The van der Waals surface area contributed by atoms with Crippen molar-refractivity contribution in [2.75, 3.05) is 19.7 Å². The Morgan fingerprint density at radius 3 is 2.00 bits per heavy atom. The van der Waals surface area contributed by atoms with E-state index in [0.717, 1.165) is 0 Å². The maximum Gasteiger partial charge on any atom is 0.0589 e. The lowest BCUT2D eigenvalue weighted by Gasteiger charge is -2.53. The van der Waals surface area contributed by atoms with E-state index in [9.17, 15) is 5.11 Å². The highest BCUT2D eigenvalue weighted by molar-refractivity contribution is 4.96. The zero-order chi connectivity index (χ0) is 10.8. The first-order valence-electron chi connectivity index (χ1n) is 5.93. The molecule has 0 aromatic rings. The van der Waals surface area contributed by atoms with Gasteiger partial charge in [0.2, 0.25) is 0 Å². The maximum absolute atomic E-state index is 9.31. The van der Waals surface area contributed by atoms with Crippen LogP contribution in [-0.4, -0.2) is 35.7 Å². The number of rotatable bonds is 5. The van der Waals surface area contributed by atoms with E-state index < -0.39 is 0 Å². The highest BCUT2D eigenvalue weighted by Gasteiger charge is 2.42. The molecule has 0 spiro atoms. The summed E-state index contributed by atoms with van der Waals surface area (Å²) in [5.41, 5.74) is 0.558. The van der Waals surface area contributed by atoms with Crippen molar-refractivity contribution in [1.82, 2.24) is 4.90 Å². The second kappa shape index (κ2) is 4.63. The van der Waals surface area contributed by atoms with Gasteiger partial charge in [-0.25, -0.2) is 0 Å². The average Bonchev–Trinajstić information content (AvgIpc) is 2.10. The third kappa shape index (κ3) is 2.12. The van der Waals surface area contributed by atoms with Crippen LogP contribution in [0, 0.1) is 11.3 Å². The van der Waals surface area contributed by atoms with E-state index in [4.69, 9.17) is 0 Å². The summed E-state index contributed by atoms with van der Waals surface area (Å²) in [6, 6.07) is 0.376. The molecule has 0 bridgehead atoms. The molecule has 84 valence electrons. The summed E-state index contributed by atoms with van der Waals surface area (Å²) in [7, 11) is 0. The Kier molecular flexibility index (Phi) is 3.96. The Balaban J connectivity index is 2.45. The SMILES string of the molecule is CCC1(CC)CN([C@@H](CO)C(C)C)C1. The molecule has 2 heteroatoms. The maximum atomic E-state index is 9.31. The lowest BCUT2D eigenvalue weighted by Crippen LogP contribution is -2.61. The highest BCUT2D eigenvalue weighted by Crippen LogP contribution is 2.39. The molecule has 0 unspecified atom stereocenters. The summed E-state index contributed by atoms with van der Waals surface area (Å²) in [4.78, 5) is 2.44. The fraction of sp³-hybridized carbons (Fsp3) is 1.00. The van der Waals surface area contributed by atoms with Crippen LogP contribution in [0.25, 0.3) is 0 Å². The Hall–Kier alpha value is -0.0800. The van der Waals surface area contributed by atoms with E-state index in [1.807, 2.05) is 0 Å². The van der Waals surface area contributed by atoms with Gasteiger partial charge in [0.1, 0.15) is 0 Å². The van der Waals surface area contributed by atoms with Crippen LogP contribution in [0.15, 0.2) is 0 Å². The monoisotopic (exact) mass is 199 g/mol. The third-order valence-corrected chi connectivity index (χ3v) is 4.00. The number of hydrogen-bond acceptors (Lipinski definition) is 2. The fourth-order valence-electron chi connectivity index (χ4n) is 2.49. The van der Waals surface area contributed by atoms with Gasteiger partial charge in [0.15, 0.2) is 0 Å². The first kappa shape index (κ1) is 12.0. The van der Waals surface area contributed by atoms with Gasteiger partial charge >= 0.3 is 0 Å². The van der Waals surface area contributed by atoms with Gasteiger partial charge in [-0.1, -0.05) is 27.7 Å². The van der Waals surface area contributed by atoms with Gasteiger partial charge in [-0.2, -0.15) is 0 Å². The summed E-state index contributed by atoms with van der Waals surface area (Å²) in [6.45, 7) is 11.6. The Morgan fingerprint density at radius 2 is 1.71 bits per heavy atom. The van der Waals surface area contributed by atoms with Crippen molar-refractivity contribution in [3.05, 3.63) is 0 Å². The predicted octanol–water partition coefficient (Wildman–Crippen LogP) is 2.13.